The molecule has 0 N–H and O–H groups in total. The molecule has 1 spiro atoms. The van der Waals surface area contributed by atoms with E-state index in [0.29, 0.717) is 38.9 Å². The van der Waals surface area contributed by atoms with E-state index in [9.17, 15) is 9.18 Å². The highest BCUT2D eigenvalue weighted by atomic mass is 19.1. The molecule has 154 valence electrons. The molecule has 3 aliphatic heterocycles. The van der Waals surface area contributed by atoms with E-state index in [-0.39, 0.29) is 11.5 Å². The zero-order valence-electron chi connectivity index (χ0n) is 16.6. The van der Waals surface area contributed by atoms with Crippen molar-refractivity contribution in [2.24, 2.45) is 0 Å². The lowest BCUT2D eigenvalue weighted by atomic mass is 10.0. The summed E-state index contributed by atoms with van der Waals surface area (Å²) >= 11 is 0. The van der Waals surface area contributed by atoms with Crippen LogP contribution in [0.5, 0.6) is 0 Å². The Morgan fingerprint density at radius 2 is 1.82 bits per heavy atom. The first-order valence-electron chi connectivity index (χ1n) is 10.3. The number of hydrogen-bond donors (Lipinski definition) is 0. The quantitative estimate of drug-likeness (QED) is 0.770. The van der Waals surface area contributed by atoms with Gasteiger partial charge in [-0.1, -0.05) is 12.1 Å². The second kappa shape index (κ2) is 8.45. The monoisotopic (exact) mass is 391 g/mol. The van der Waals surface area contributed by atoms with E-state index < -0.39 is 11.6 Å². The lowest BCUT2D eigenvalue weighted by Gasteiger charge is -2.45. The lowest BCUT2D eigenvalue weighted by molar-refractivity contribution is -0.262. The average molecular weight is 391 g/mol. The van der Waals surface area contributed by atoms with Gasteiger partial charge in [-0.3, -0.25) is 9.69 Å². The molecule has 3 saturated heterocycles. The molecule has 1 atom stereocenters. The van der Waals surface area contributed by atoms with Gasteiger partial charge < -0.3 is 19.3 Å². The van der Waals surface area contributed by atoms with Gasteiger partial charge in [0.2, 0.25) is 0 Å². The number of carbonyl (C=O) groups is 1. The Labute approximate surface area is 166 Å². The van der Waals surface area contributed by atoms with Crippen molar-refractivity contribution >= 4 is 5.91 Å². The van der Waals surface area contributed by atoms with Crippen LogP contribution >= 0.6 is 0 Å². The Kier molecular flexibility index (Phi) is 5.96. The van der Waals surface area contributed by atoms with Gasteiger partial charge >= 0.3 is 0 Å². The molecule has 7 heteroatoms. The normalized spacial score (nSPS) is 28.4. The maximum absolute atomic E-state index is 14.1. The number of ether oxygens (including phenoxy) is 2. The van der Waals surface area contributed by atoms with Gasteiger partial charge in [-0.25, -0.2) is 4.39 Å². The fourth-order valence-corrected chi connectivity index (χ4v) is 4.55. The van der Waals surface area contributed by atoms with Crippen molar-refractivity contribution in [3.8, 4) is 0 Å². The Balaban J connectivity index is 1.48. The molecule has 0 aromatic heterocycles. The van der Waals surface area contributed by atoms with Gasteiger partial charge in [-0.15, -0.1) is 0 Å². The molecule has 3 heterocycles. The first kappa shape index (κ1) is 19.8. The number of likely N-dealkylation sites (tertiary alicyclic amines) is 1. The SMILES string of the molecule is CN1CCC(N2CCCOC3(CN(C(=O)c4ccccc4F)CCO3)C2)CC1. The molecule has 0 bridgehead atoms. The summed E-state index contributed by atoms with van der Waals surface area (Å²) < 4.78 is 26.4. The molecule has 4 rings (SSSR count). The maximum atomic E-state index is 14.1. The molecule has 1 unspecified atom stereocenters. The summed E-state index contributed by atoms with van der Waals surface area (Å²) in [6, 6.07) is 6.68. The summed E-state index contributed by atoms with van der Waals surface area (Å²) in [5, 5.41) is 0. The van der Waals surface area contributed by atoms with Crippen molar-refractivity contribution in [1.82, 2.24) is 14.7 Å². The minimum atomic E-state index is -0.820. The Hall–Kier alpha value is -1.54. The van der Waals surface area contributed by atoms with Crippen LogP contribution in [0.3, 0.4) is 0 Å². The smallest absolute Gasteiger partial charge is 0.257 e. The summed E-state index contributed by atoms with van der Waals surface area (Å²) in [6.45, 7) is 5.66. The summed E-state index contributed by atoms with van der Waals surface area (Å²) in [7, 11) is 2.17. The molecule has 1 aromatic rings. The summed E-state index contributed by atoms with van der Waals surface area (Å²) in [6.07, 6.45) is 3.24. The summed E-state index contributed by atoms with van der Waals surface area (Å²) in [4.78, 5) is 19.4. The highest BCUT2D eigenvalue weighted by Gasteiger charge is 2.44. The van der Waals surface area contributed by atoms with Crippen LogP contribution in [0.25, 0.3) is 0 Å². The Morgan fingerprint density at radius 3 is 2.61 bits per heavy atom. The number of morpholine rings is 1. The van der Waals surface area contributed by atoms with Gasteiger partial charge in [0.15, 0.2) is 5.79 Å². The molecule has 0 radical (unpaired) electrons. The molecule has 3 fully saturated rings. The number of piperidine rings is 1. The Bertz CT molecular complexity index is 695. The van der Waals surface area contributed by atoms with E-state index in [1.54, 1.807) is 23.1 Å². The van der Waals surface area contributed by atoms with Crippen molar-refractivity contribution in [3.63, 3.8) is 0 Å². The number of rotatable bonds is 2. The van der Waals surface area contributed by atoms with Crippen molar-refractivity contribution in [2.45, 2.75) is 31.1 Å². The summed E-state index contributed by atoms with van der Waals surface area (Å²) in [5.41, 5.74) is 0.111. The number of halogens is 1. The lowest BCUT2D eigenvalue weighted by Crippen LogP contribution is -2.60. The van der Waals surface area contributed by atoms with Crippen LogP contribution < -0.4 is 0 Å². The van der Waals surface area contributed by atoms with Crippen LogP contribution in [0.4, 0.5) is 4.39 Å². The minimum absolute atomic E-state index is 0.111. The molecule has 1 amide bonds. The van der Waals surface area contributed by atoms with E-state index in [4.69, 9.17) is 9.47 Å². The molecule has 3 aliphatic rings. The minimum Gasteiger partial charge on any atom is -0.347 e. The molecular weight excluding hydrogens is 361 g/mol. The molecule has 0 aliphatic carbocycles. The fraction of sp³-hybridized carbons (Fsp3) is 0.667. The first-order valence-corrected chi connectivity index (χ1v) is 10.3. The second-order valence-corrected chi connectivity index (χ2v) is 8.17. The fourth-order valence-electron chi connectivity index (χ4n) is 4.55. The van der Waals surface area contributed by atoms with Gasteiger partial charge in [0.25, 0.3) is 5.91 Å². The van der Waals surface area contributed by atoms with Crippen LogP contribution in [-0.4, -0.2) is 92.0 Å². The van der Waals surface area contributed by atoms with Crippen LogP contribution in [0.15, 0.2) is 24.3 Å². The van der Waals surface area contributed by atoms with Crippen molar-refractivity contribution < 1.29 is 18.7 Å². The number of benzene rings is 1. The van der Waals surface area contributed by atoms with Crippen LogP contribution in [0.2, 0.25) is 0 Å². The third-order valence-corrected chi connectivity index (χ3v) is 6.15. The average Bonchev–Trinajstić information content (AvgIpc) is 2.91. The van der Waals surface area contributed by atoms with Crippen LogP contribution in [0.1, 0.15) is 29.6 Å². The predicted octanol–water partition coefficient (Wildman–Crippen LogP) is 1.81. The maximum Gasteiger partial charge on any atom is 0.257 e. The van der Waals surface area contributed by atoms with Crippen molar-refractivity contribution in [3.05, 3.63) is 35.6 Å². The molecular formula is C21H30FN3O3. The van der Waals surface area contributed by atoms with E-state index >= 15 is 0 Å². The molecule has 6 nitrogen and oxygen atoms in total. The highest BCUT2D eigenvalue weighted by Crippen LogP contribution is 2.28. The largest absolute Gasteiger partial charge is 0.347 e. The zero-order chi connectivity index (χ0) is 19.6. The standard InChI is InChI=1S/C21H30FN3O3/c1-23-10-7-17(8-11-23)24-9-4-13-27-21(15-24)16-25(12-14-28-21)20(26)18-5-2-3-6-19(18)22/h2-3,5-6,17H,4,7-16H2,1H3. The third kappa shape index (κ3) is 4.22. The third-order valence-electron chi connectivity index (χ3n) is 6.15. The van der Waals surface area contributed by atoms with Crippen molar-refractivity contribution in [2.75, 3.05) is 59.5 Å². The Morgan fingerprint density at radius 1 is 1.07 bits per heavy atom. The topological polar surface area (TPSA) is 45.2 Å². The number of carbonyl (C=O) groups excluding carboxylic acids is 1. The predicted molar refractivity (Wildman–Crippen MR) is 104 cm³/mol. The van der Waals surface area contributed by atoms with Crippen molar-refractivity contribution in [1.29, 1.82) is 0 Å². The highest BCUT2D eigenvalue weighted by molar-refractivity contribution is 5.94. The first-order chi connectivity index (χ1) is 13.6. The van der Waals surface area contributed by atoms with Gasteiger partial charge in [-0.05, 0) is 51.5 Å². The zero-order valence-corrected chi connectivity index (χ0v) is 16.6. The van der Waals surface area contributed by atoms with Gasteiger partial charge in [-0.2, -0.15) is 0 Å². The number of amides is 1. The van der Waals surface area contributed by atoms with Crippen LogP contribution in [0, 0.1) is 5.82 Å². The summed E-state index contributed by atoms with van der Waals surface area (Å²) in [5.74, 6) is -1.60. The van der Waals surface area contributed by atoms with Gasteiger partial charge in [0.1, 0.15) is 5.82 Å². The second-order valence-electron chi connectivity index (χ2n) is 8.17. The molecule has 1 aromatic carbocycles. The molecule has 0 saturated carbocycles. The molecule has 28 heavy (non-hydrogen) atoms. The van der Waals surface area contributed by atoms with E-state index in [1.807, 2.05) is 0 Å². The van der Waals surface area contributed by atoms with Gasteiger partial charge in [0, 0.05) is 19.1 Å². The van der Waals surface area contributed by atoms with E-state index in [1.165, 1.54) is 6.07 Å². The van der Waals surface area contributed by atoms with Crippen LogP contribution in [-0.2, 0) is 9.47 Å². The van der Waals surface area contributed by atoms with E-state index in [0.717, 1.165) is 38.9 Å². The van der Waals surface area contributed by atoms with Gasteiger partial charge in [0.05, 0.1) is 31.9 Å². The number of hydrogen-bond acceptors (Lipinski definition) is 5. The van der Waals surface area contributed by atoms with E-state index in [2.05, 4.69) is 16.8 Å². The number of nitrogens with zero attached hydrogens (tertiary/aromatic N) is 3.